The first kappa shape index (κ1) is 47.3. The highest BCUT2D eigenvalue weighted by molar-refractivity contribution is 6.25. The zero-order chi connectivity index (χ0) is 46.7. The summed E-state index contributed by atoms with van der Waals surface area (Å²) in [4.78, 5) is 71.0. The lowest BCUT2D eigenvalue weighted by molar-refractivity contribution is -0.141. The van der Waals surface area contributed by atoms with E-state index in [4.69, 9.17) is 18.9 Å². The van der Waals surface area contributed by atoms with Crippen molar-refractivity contribution in [2.45, 2.75) is 109 Å². The van der Waals surface area contributed by atoms with Gasteiger partial charge in [-0.1, -0.05) is 32.0 Å². The predicted octanol–water partition coefficient (Wildman–Crippen LogP) is 7.16. The number of hydrogen-bond acceptors (Lipinski definition) is 11. The van der Waals surface area contributed by atoms with Gasteiger partial charge in [-0.15, -0.1) is 0 Å². The molecule has 360 valence electrons. The third-order valence-corrected chi connectivity index (χ3v) is 17.3. The number of piperidine rings is 1. The summed E-state index contributed by atoms with van der Waals surface area (Å²) in [5, 5.41) is 7.91. The number of amides is 5. The predicted molar refractivity (Wildman–Crippen MR) is 252 cm³/mol. The molecule has 1 aromatic heterocycles. The van der Waals surface area contributed by atoms with E-state index in [0.717, 1.165) is 35.5 Å². The van der Waals surface area contributed by atoms with Gasteiger partial charge in [-0.05, 0) is 140 Å². The first-order chi connectivity index (χ1) is 32.5. The molecule has 2 N–H and O–H groups in total. The molecule has 0 bridgehead atoms. The lowest BCUT2D eigenvalue weighted by atomic mass is 9.44. The van der Waals surface area contributed by atoms with Gasteiger partial charge in [0.15, 0.2) is 0 Å². The fourth-order valence-corrected chi connectivity index (χ4v) is 13.7. The Kier molecular flexibility index (Phi) is 14.4. The van der Waals surface area contributed by atoms with E-state index in [2.05, 4.69) is 53.7 Å². The van der Waals surface area contributed by atoms with Gasteiger partial charge in [0.2, 0.25) is 17.7 Å². The average molecular weight is 920 g/mol. The number of hydrogen-bond donors (Lipinski definition) is 2. The molecule has 5 amide bonds. The molecule has 14 nitrogen and oxygen atoms in total. The number of rotatable bonds is 19. The summed E-state index contributed by atoms with van der Waals surface area (Å²) in [5.74, 6) is 1.73. The van der Waals surface area contributed by atoms with Crippen LogP contribution in [0, 0.1) is 34.5 Å². The molecule has 0 spiro atoms. The third kappa shape index (κ3) is 9.52. The minimum Gasteiger partial charge on any atom is -0.382 e. The second-order valence-corrected chi connectivity index (χ2v) is 20.5. The smallest absolute Gasteiger partial charge is 0.264 e. The number of carbonyl (C=O) groups is 5. The van der Waals surface area contributed by atoms with Crippen molar-refractivity contribution in [1.82, 2.24) is 20.1 Å². The molecule has 3 aromatic rings. The van der Waals surface area contributed by atoms with Gasteiger partial charge in [-0.25, -0.2) is 0 Å². The maximum absolute atomic E-state index is 13.4. The van der Waals surface area contributed by atoms with Crippen LogP contribution >= 0.6 is 0 Å². The van der Waals surface area contributed by atoms with E-state index in [1.54, 1.807) is 18.2 Å². The van der Waals surface area contributed by atoms with Crippen molar-refractivity contribution in [2.75, 3.05) is 71.8 Å². The summed E-state index contributed by atoms with van der Waals surface area (Å²) in [6, 6.07) is 13.5. The van der Waals surface area contributed by atoms with Crippen LogP contribution in [-0.2, 0) is 33.3 Å². The minimum absolute atomic E-state index is 0.0668. The first-order valence-corrected chi connectivity index (χ1v) is 25.0. The maximum Gasteiger partial charge on any atom is 0.264 e. The number of carbonyl (C=O) groups excluding carboxylic acids is 5. The van der Waals surface area contributed by atoms with Crippen LogP contribution in [0.25, 0.3) is 10.8 Å². The van der Waals surface area contributed by atoms with E-state index in [1.807, 2.05) is 24.3 Å². The van der Waals surface area contributed by atoms with Crippen LogP contribution in [0.15, 0.2) is 54.9 Å². The highest BCUT2D eigenvalue weighted by Crippen LogP contribution is 2.69. The Bertz CT molecular complexity index is 2320. The van der Waals surface area contributed by atoms with Gasteiger partial charge in [0.25, 0.3) is 11.8 Å². The Morgan fingerprint density at radius 1 is 0.791 bits per heavy atom. The van der Waals surface area contributed by atoms with Crippen LogP contribution in [0.4, 0.5) is 5.69 Å². The normalized spacial score (nSPS) is 30.1. The highest BCUT2D eigenvalue weighted by atomic mass is 16.6. The van der Waals surface area contributed by atoms with Crippen molar-refractivity contribution in [3.63, 3.8) is 0 Å². The number of benzene rings is 2. The van der Waals surface area contributed by atoms with Crippen LogP contribution in [0.5, 0.6) is 0 Å². The molecule has 0 radical (unpaired) electrons. The number of fused-ring (bicyclic) bond motifs is 7. The Balaban J connectivity index is 0.611. The molecule has 67 heavy (non-hydrogen) atoms. The lowest BCUT2D eigenvalue weighted by Crippen LogP contribution is -2.55. The highest BCUT2D eigenvalue weighted by Gasteiger charge is 2.60. The number of aromatic nitrogens is 1. The van der Waals surface area contributed by atoms with E-state index in [9.17, 15) is 24.0 Å². The van der Waals surface area contributed by atoms with Crippen molar-refractivity contribution in [2.24, 2.45) is 34.5 Å². The monoisotopic (exact) mass is 920 g/mol. The van der Waals surface area contributed by atoms with Gasteiger partial charge in [0, 0.05) is 49.5 Å². The summed E-state index contributed by atoms with van der Waals surface area (Å²) >= 11 is 0. The molecule has 5 fully saturated rings. The molecule has 4 saturated carbocycles. The van der Waals surface area contributed by atoms with E-state index < -0.39 is 29.7 Å². The van der Waals surface area contributed by atoms with Crippen LogP contribution in [0.3, 0.4) is 0 Å². The standard InChI is InChI=1S/C53H69N5O9/c1-52-19-15-38(32-37(52)9-10-39-42-12-11-41(53(42,2)20-16-43(39)52)35-8-7-34-17-21-54-33-36(34)31-35)57(3)47(60)18-23-64-25-27-66-29-30-67-28-26-65-24-22-55-44-6-4-5-40-48(44)51(63)58(50(40)62)45-13-14-46(59)56-49(45)61/h4-8,17,21,31,33,37-39,41-43,45,55H,9-16,18-20,22-30,32H2,1-3H3,(H,56,59,61)/t37-,38-,39-,41+,42-,43-,45?,52-,53+/m0/s1. The summed E-state index contributed by atoms with van der Waals surface area (Å²) in [5.41, 5.74) is 3.17. The van der Waals surface area contributed by atoms with Crippen LogP contribution in [0.1, 0.15) is 123 Å². The van der Waals surface area contributed by atoms with Gasteiger partial charge >= 0.3 is 0 Å². The Labute approximate surface area is 394 Å². The minimum atomic E-state index is -1.01. The van der Waals surface area contributed by atoms with E-state index in [0.29, 0.717) is 100 Å². The fraction of sp³-hybridized carbons (Fsp3) is 0.623. The SMILES string of the molecule is CN(C(=O)CCOCCOCCOCCOCCNc1cccc2c1C(=O)N(C1CCC(=O)NC1=O)C2=O)[C@H]1CC[C@@]2(C)[C@@H](CC[C@@H]3[C@@H]2CC[C@]2(C)[C@@H](c4ccc5ccncc5c4)CC[C@@H]32)C1. The summed E-state index contributed by atoms with van der Waals surface area (Å²) in [7, 11) is 2.00. The average Bonchev–Trinajstić information content (AvgIpc) is 3.82. The van der Waals surface area contributed by atoms with Crippen LogP contribution < -0.4 is 10.6 Å². The van der Waals surface area contributed by atoms with Crippen molar-refractivity contribution >= 4 is 46.0 Å². The number of nitrogens with zero attached hydrogens (tertiary/aromatic N) is 3. The third-order valence-electron chi connectivity index (χ3n) is 17.3. The first-order valence-electron chi connectivity index (χ1n) is 25.0. The number of nitrogens with one attached hydrogen (secondary N) is 2. The molecule has 14 heteroatoms. The summed E-state index contributed by atoms with van der Waals surface area (Å²) in [6.07, 6.45) is 15.8. The second kappa shape index (κ2) is 20.5. The Hall–Kier alpha value is -4.76. The lowest BCUT2D eigenvalue weighted by Gasteiger charge is -2.61. The van der Waals surface area contributed by atoms with Crippen molar-refractivity contribution < 1.29 is 42.9 Å². The Morgan fingerprint density at radius 3 is 2.30 bits per heavy atom. The summed E-state index contributed by atoms with van der Waals surface area (Å²) in [6.45, 7) is 8.78. The fourth-order valence-electron chi connectivity index (χ4n) is 13.7. The molecule has 6 aliphatic rings. The molecule has 1 unspecified atom stereocenters. The molecule has 4 aliphatic carbocycles. The van der Waals surface area contributed by atoms with Crippen LogP contribution in [0.2, 0.25) is 0 Å². The molecular weight excluding hydrogens is 851 g/mol. The zero-order valence-corrected chi connectivity index (χ0v) is 39.6. The number of imide groups is 2. The van der Waals surface area contributed by atoms with E-state index in [-0.39, 0.29) is 29.9 Å². The quantitative estimate of drug-likeness (QED) is 0.0926. The molecule has 1 saturated heterocycles. The van der Waals surface area contributed by atoms with Crippen molar-refractivity contribution in [3.8, 4) is 0 Å². The zero-order valence-electron chi connectivity index (χ0n) is 39.6. The van der Waals surface area contributed by atoms with E-state index in [1.165, 1.54) is 61.3 Å². The van der Waals surface area contributed by atoms with Gasteiger partial charge in [0.1, 0.15) is 6.04 Å². The van der Waals surface area contributed by atoms with E-state index >= 15 is 0 Å². The maximum atomic E-state index is 13.4. The van der Waals surface area contributed by atoms with Gasteiger partial charge in [0.05, 0.1) is 70.4 Å². The molecular formula is C53H69N5O9. The molecule has 9 rings (SSSR count). The molecule has 2 aliphatic heterocycles. The second-order valence-electron chi connectivity index (χ2n) is 20.5. The topological polar surface area (TPSA) is 166 Å². The Morgan fingerprint density at radius 2 is 1.52 bits per heavy atom. The van der Waals surface area contributed by atoms with Crippen molar-refractivity contribution in [3.05, 3.63) is 71.5 Å². The van der Waals surface area contributed by atoms with Crippen LogP contribution in [-0.4, -0.2) is 123 Å². The van der Waals surface area contributed by atoms with Gasteiger partial charge in [-0.3, -0.25) is 39.2 Å². The van der Waals surface area contributed by atoms with Gasteiger partial charge in [-0.2, -0.15) is 0 Å². The summed E-state index contributed by atoms with van der Waals surface area (Å²) < 4.78 is 22.7. The number of pyridine rings is 1. The molecule has 2 aromatic carbocycles. The largest absolute Gasteiger partial charge is 0.382 e. The van der Waals surface area contributed by atoms with Crippen molar-refractivity contribution in [1.29, 1.82) is 0 Å². The number of ether oxygens (including phenoxy) is 4. The van der Waals surface area contributed by atoms with Gasteiger partial charge < -0.3 is 29.2 Å². The molecule has 3 heterocycles. The number of anilines is 1. The molecule has 9 atom stereocenters.